The van der Waals surface area contributed by atoms with Crippen LogP contribution in [0.2, 0.25) is 0 Å². The van der Waals surface area contributed by atoms with Crippen LogP contribution in [0.1, 0.15) is 38.8 Å². The van der Waals surface area contributed by atoms with Crippen LogP contribution in [0.15, 0.2) is 96.2 Å². The summed E-state index contributed by atoms with van der Waals surface area (Å²) in [5.74, 6) is -3.09. The average Bonchev–Trinajstić information content (AvgIpc) is 3.44. The molecule has 1 saturated carbocycles. The molecule has 7 rings (SSSR count). The summed E-state index contributed by atoms with van der Waals surface area (Å²) in [4.78, 5) is 43.5. The van der Waals surface area contributed by atoms with Gasteiger partial charge in [0.15, 0.2) is 11.5 Å². The number of benzene rings is 4. The summed E-state index contributed by atoms with van der Waals surface area (Å²) < 4.78 is 0. The maximum absolute atomic E-state index is 13.7. The molecular formula is C35H28N2O3. The SMILES string of the molecule is CC1(C)C(/C=C2\C(=O)C(=O)C(/C=C3/[N-]c4ccc5ccccc5c4C3(C)C)C2=O)=[NH+]c2ccc3ccccc3c21. The number of nitrogens with zero attached hydrogens (tertiary/aromatic N) is 1. The van der Waals surface area contributed by atoms with Crippen LogP contribution in [0.5, 0.6) is 0 Å². The van der Waals surface area contributed by atoms with Gasteiger partial charge in [-0.25, -0.2) is 4.99 Å². The number of carbonyl (C=O) groups excluding carboxylic acids is 3. The highest BCUT2D eigenvalue weighted by Gasteiger charge is 2.47. The zero-order valence-electron chi connectivity index (χ0n) is 22.8. The van der Waals surface area contributed by atoms with Gasteiger partial charge in [-0.05, 0) is 52.4 Å². The highest BCUT2D eigenvalue weighted by molar-refractivity contribution is 6.60. The Labute approximate surface area is 232 Å². The number of Topliss-reactive ketones (excluding diaryl/α,β-unsaturated/α-hetero) is 3. The van der Waals surface area contributed by atoms with Crippen molar-refractivity contribution in [2.24, 2.45) is 5.92 Å². The van der Waals surface area contributed by atoms with Crippen LogP contribution in [0, 0.1) is 5.92 Å². The molecule has 196 valence electrons. The van der Waals surface area contributed by atoms with E-state index in [0.717, 1.165) is 49.8 Å². The molecule has 2 aliphatic heterocycles. The molecule has 4 aromatic rings. The molecule has 1 aliphatic carbocycles. The molecule has 0 amide bonds. The van der Waals surface area contributed by atoms with Crippen molar-refractivity contribution >= 4 is 56.0 Å². The van der Waals surface area contributed by atoms with E-state index in [9.17, 15) is 14.4 Å². The van der Waals surface area contributed by atoms with Gasteiger partial charge in [0.25, 0.3) is 0 Å². The Morgan fingerprint density at radius 1 is 0.725 bits per heavy atom. The van der Waals surface area contributed by atoms with Crippen molar-refractivity contribution in [1.29, 1.82) is 0 Å². The zero-order valence-corrected chi connectivity index (χ0v) is 22.8. The number of hydrogen-bond acceptors (Lipinski definition) is 3. The summed E-state index contributed by atoms with van der Waals surface area (Å²) in [5.41, 5.74) is 4.20. The number of hydrogen-bond donors (Lipinski definition) is 1. The lowest BCUT2D eigenvalue weighted by molar-refractivity contribution is -0.349. The molecule has 40 heavy (non-hydrogen) atoms. The van der Waals surface area contributed by atoms with Crippen molar-refractivity contribution in [3.8, 4) is 0 Å². The molecule has 0 spiro atoms. The molecule has 0 aromatic heterocycles. The van der Waals surface area contributed by atoms with E-state index >= 15 is 0 Å². The molecule has 0 saturated heterocycles. The van der Waals surface area contributed by atoms with E-state index in [1.54, 1.807) is 12.2 Å². The molecule has 1 unspecified atom stereocenters. The molecule has 0 bridgehead atoms. The van der Waals surface area contributed by atoms with Crippen LogP contribution in [0.25, 0.3) is 26.9 Å². The van der Waals surface area contributed by atoms with E-state index in [0.29, 0.717) is 5.70 Å². The lowest BCUT2D eigenvalue weighted by atomic mass is 9.78. The molecular weight excluding hydrogens is 496 g/mol. The van der Waals surface area contributed by atoms with E-state index in [1.807, 2.05) is 56.3 Å². The van der Waals surface area contributed by atoms with Gasteiger partial charge in [-0.1, -0.05) is 80.6 Å². The molecule has 5 nitrogen and oxygen atoms in total. The number of rotatable bonds is 2. The van der Waals surface area contributed by atoms with Gasteiger partial charge in [0.2, 0.25) is 17.3 Å². The van der Waals surface area contributed by atoms with Gasteiger partial charge in [-0.3, -0.25) is 14.4 Å². The monoisotopic (exact) mass is 524 g/mol. The van der Waals surface area contributed by atoms with Crippen LogP contribution >= 0.6 is 0 Å². The number of carbonyl (C=O) groups is 3. The first-order valence-electron chi connectivity index (χ1n) is 13.6. The second-order valence-electron chi connectivity index (χ2n) is 11.9. The van der Waals surface area contributed by atoms with Gasteiger partial charge in [-0.15, -0.1) is 5.69 Å². The first-order chi connectivity index (χ1) is 19.1. The van der Waals surface area contributed by atoms with Crippen LogP contribution in [-0.4, -0.2) is 23.1 Å². The number of allylic oxidation sites excluding steroid dienone is 4. The second kappa shape index (κ2) is 8.18. The van der Waals surface area contributed by atoms with Gasteiger partial charge in [0, 0.05) is 17.7 Å². The van der Waals surface area contributed by atoms with E-state index in [2.05, 4.69) is 49.2 Å². The number of nitrogens with one attached hydrogen (secondary N) is 1. The van der Waals surface area contributed by atoms with E-state index in [1.165, 1.54) is 0 Å². The molecule has 1 N–H and O–H groups in total. The van der Waals surface area contributed by atoms with Gasteiger partial charge in [0.05, 0.1) is 11.0 Å². The third-order valence-electron chi connectivity index (χ3n) is 8.82. The lowest BCUT2D eigenvalue weighted by Gasteiger charge is -2.29. The molecule has 0 radical (unpaired) electrons. The van der Waals surface area contributed by atoms with Crippen molar-refractivity contribution < 1.29 is 19.4 Å². The smallest absolute Gasteiger partial charge is 0.233 e. The molecule has 2 heterocycles. The summed E-state index contributed by atoms with van der Waals surface area (Å²) in [6.07, 6.45) is 3.20. The van der Waals surface area contributed by atoms with Crippen molar-refractivity contribution in [3.63, 3.8) is 0 Å². The highest BCUT2D eigenvalue weighted by Crippen LogP contribution is 2.54. The highest BCUT2D eigenvalue weighted by atomic mass is 16.2. The minimum Gasteiger partial charge on any atom is -0.661 e. The van der Waals surface area contributed by atoms with Crippen molar-refractivity contribution in [2.75, 3.05) is 0 Å². The first-order valence-corrected chi connectivity index (χ1v) is 13.6. The largest absolute Gasteiger partial charge is 0.661 e. The maximum atomic E-state index is 13.7. The van der Waals surface area contributed by atoms with E-state index in [-0.39, 0.29) is 5.57 Å². The van der Waals surface area contributed by atoms with Gasteiger partial charge in [0.1, 0.15) is 5.92 Å². The molecule has 1 fully saturated rings. The summed E-state index contributed by atoms with van der Waals surface area (Å²) >= 11 is 0. The molecule has 3 aliphatic rings. The zero-order chi connectivity index (χ0) is 28.0. The van der Waals surface area contributed by atoms with E-state index < -0.39 is 34.1 Å². The van der Waals surface area contributed by atoms with E-state index in [4.69, 9.17) is 5.32 Å². The van der Waals surface area contributed by atoms with Gasteiger partial charge < -0.3 is 5.32 Å². The summed E-state index contributed by atoms with van der Waals surface area (Å²) in [6, 6.07) is 24.4. The predicted molar refractivity (Wildman–Crippen MR) is 157 cm³/mol. The molecule has 5 heteroatoms. The normalized spacial score (nSPS) is 22.8. The third-order valence-corrected chi connectivity index (χ3v) is 8.82. The van der Waals surface area contributed by atoms with Crippen LogP contribution in [0.4, 0.5) is 11.4 Å². The van der Waals surface area contributed by atoms with Crippen molar-refractivity contribution in [2.45, 2.75) is 38.5 Å². The lowest BCUT2D eigenvalue weighted by Crippen LogP contribution is -2.65. The summed E-state index contributed by atoms with van der Waals surface area (Å²) in [5, 5.41) is 9.27. The topological polar surface area (TPSA) is 79.3 Å². The molecule has 4 aromatic carbocycles. The number of ketones is 3. The van der Waals surface area contributed by atoms with Crippen molar-refractivity contribution in [1.82, 2.24) is 0 Å². The van der Waals surface area contributed by atoms with Gasteiger partial charge in [-0.2, -0.15) is 5.70 Å². The Hall–Kier alpha value is -4.64. The fourth-order valence-electron chi connectivity index (χ4n) is 6.62. The Morgan fingerprint density at radius 3 is 2.05 bits per heavy atom. The van der Waals surface area contributed by atoms with Crippen molar-refractivity contribution in [3.05, 3.63) is 113 Å². The maximum Gasteiger partial charge on any atom is 0.233 e. The van der Waals surface area contributed by atoms with Crippen LogP contribution in [-0.2, 0) is 25.2 Å². The average molecular weight is 525 g/mol. The Balaban J connectivity index is 1.26. The quantitative estimate of drug-likeness (QED) is 0.161. The minimum atomic E-state index is -1.18. The predicted octanol–water partition coefficient (Wildman–Crippen LogP) is 5.58. The third kappa shape index (κ3) is 3.27. The Bertz CT molecular complexity index is 1940. The fourth-order valence-corrected chi connectivity index (χ4v) is 6.62. The standard InChI is InChI=1S/C35H27N2O3/c1-34(2)27(36-25-15-13-19-9-5-7-11-21(19)29(25)34)17-23-31(38)24(33(40)32(23)39)18-28-35(3,4)30-22-12-8-6-10-20(22)14-16-26(30)37-28/h5-18,23H,1-4H3/q-1/p+1/b24-18-,27-17+. The van der Waals surface area contributed by atoms with Gasteiger partial charge >= 0.3 is 0 Å². The Kier molecular flexibility index (Phi) is 4.99. The van der Waals surface area contributed by atoms with Crippen LogP contribution in [0.3, 0.4) is 0 Å². The Morgan fingerprint density at radius 2 is 1.35 bits per heavy atom. The first kappa shape index (κ1) is 24.4. The number of fused-ring (bicyclic) bond motifs is 6. The molecule has 1 atom stereocenters. The minimum absolute atomic E-state index is 0.0710. The summed E-state index contributed by atoms with van der Waals surface area (Å²) in [7, 11) is 0. The van der Waals surface area contributed by atoms with Crippen LogP contribution < -0.4 is 4.99 Å². The fraction of sp³-hybridized carbons (Fsp3) is 0.200. The second-order valence-corrected chi connectivity index (χ2v) is 11.9. The summed E-state index contributed by atoms with van der Waals surface area (Å²) in [6.45, 7) is 8.23.